The van der Waals surface area contributed by atoms with Gasteiger partial charge in [-0.1, -0.05) is 0 Å². The van der Waals surface area contributed by atoms with Gasteiger partial charge in [0.05, 0.1) is 0 Å². The average molecular weight is 144 g/mol. The quantitative estimate of drug-likeness (QED) is 0.405. The molecule has 0 saturated carbocycles. The molecule has 0 aromatic heterocycles. The van der Waals surface area contributed by atoms with Crippen LogP contribution in [0.25, 0.3) is 0 Å². The standard InChI is InChI=1S/C6H8O4/c7-4-10-5-2-1-3-6(5,8)9/h2,4,8-9H,1,3H2. The van der Waals surface area contributed by atoms with Crippen LogP contribution in [0.1, 0.15) is 12.8 Å². The Kier molecular flexibility index (Phi) is 1.74. The Morgan fingerprint density at radius 2 is 2.40 bits per heavy atom. The fraction of sp³-hybridized carbons (Fsp3) is 0.500. The number of ether oxygens (including phenoxy) is 1. The van der Waals surface area contributed by atoms with Crippen LogP contribution in [0, 0.1) is 0 Å². The molecule has 0 fully saturated rings. The minimum Gasteiger partial charge on any atom is -0.428 e. The van der Waals surface area contributed by atoms with Gasteiger partial charge in [0.15, 0.2) is 5.76 Å². The van der Waals surface area contributed by atoms with E-state index >= 15 is 0 Å². The fourth-order valence-electron chi connectivity index (χ4n) is 0.886. The first-order valence-electron chi connectivity index (χ1n) is 2.92. The molecule has 4 heteroatoms. The molecule has 0 aromatic rings. The molecule has 4 nitrogen and oxygen atoms in total. The summed E-state index contributed by atoms with van der Waals surface area (Å²) in [6.07, 6.45) is 2.20. The third-order valence-electron chi connectivity index (χ3n) is 1.39. The van der Waals surface area contributed by atoms with Crippen molar-refractivity contribution in [3.8, 4) is 0 Å². The Labute approximate surface area is 57.7 Å². The number of carbonyl (C=O) groups is 1. The molecule has 0 unspecified atom stereocenters. The second-order valence-corrected chi connectivity index (χ2v) is 2.14. The molecule has 1 aliphatic carbocycles. The maximum atomic E-state index is 9.76. The summed E-state index contributed by atoms with van der Waals surface area (Å²) in [4.78, 5) is 9.76. The summed E-state index contributed by atoms with van der Waals surface area (Å²) in [5.74, 6) is -2.00. The summed E-state index contributed by atoms with van der Waals surface area (Å²) in [5, 5.41) is 18.0. The highest BCUT2D eigenvalue weighted by Gasteiger charge is 2.34. The van der Waals surface area contributed by atoms with Gasteiger partial charge in [0, 0.05) is 6.42 Å². The number of carbonyl (C=O) groups excluding carboxylic acids is 1. The molecule has 0 atom stereocenters. The number of aliphatic hydroxyl groups is 2. The lowest BCUT2D eigenvalue weighted by Crippen LogP contribution is -2.28. The van der Waals surface area contributed by atoms with Crippen LogP contribution in [0.15, 0.2) is 11.8 Å². The van der Waals surface area contributed by atoms with E-state index in [-0.39, 0.29) is 18.7 Å². The van der Waals surface area contributed by atoms with Crippen LogP contribution in [-0.4, -0.2) is 22.5 Å². The van der Waals surface area contributed by atoms with Gasteiger partial charge in [-0.25, -0.2) is 0 Å². The Bertz CT molecular complexity index is 171. The van der Waals surface area contributed by atoms with E-state index in [9.17, 15) is 4.79 Å². The molecular formula is C6H8O4. The second kappa shape index (κ2) is 2.40. The Morgan fingerprint density at radius 3 is 2.80 bits per heavy atom. The summed E-state index contributed by atoms with van der Waals surface area (Å²) in [7, 11) is 0. The van der Waals surface area contributed by atoms with Gasteiger partial charge in [-0.05, 0) is 12.5 Å². The molecule has 2 N–H and O–H groups in total. The molecule has 1 rings (SSSR count). The van der Waals surface area contributed by atoms with E-state index in [1.165, 1.54) is 6.08 Å². The highest BCUT2D eigenvalue weighted by Crippen LogP contribution is 2.27. The van der Waals surface area contributed by atoms with Crippen LogP contribution in [0.2, 0.25) is 0 Å². The second-order valence-electron chi connectivity index (χ2n) is 2.14. The maximum absolute atomic E-state index is 9.76. The van der Waals surface area contributed by atoms with E-state index in [1.54, 1.807) is 0 Å². The fourth-order valence-corrected chi connectivity index (χ4v) is 0.886. The molecule has 56 valence electrons. The number of rotatable bonds is 2. The highest BCUT2D eigenvalue weighted by atomic mass is 16.6. The summed E-state index contributed by atoms with van der Waals surface area (Å²) < 4.78 is 4.30. The first kappa shape index (κ1) is 7.24. The van der Waals surface area contributed by atoms with Gasteiger partial charge in [0.25, 0.3) is 6.47 Å². The Morgan fingerprint density at radius 1 is 1.70 bits per heavy atom. The number of hydrogen-bond acceptors (Lipinski definition) is 4. The van der Waals surface area contributed by atoms with Crippen molar-refractivity contribution in [2.75, 3.05) is 0 Å². The van der Waals surface area contributed by atoms with Crippen molar-refractivity contribution in [1.82, 2.24) is 0 Å². The largest absolute Gasteiger partial charge is 0.428 e. The van der Waals surface area contributed by atoms with E-state index < -0.39 is 5.79 Å². The van der Waals surface area contributed by atoms with Gasteiger partial charge in [-0.3, -0.25) is 4.79 Å². The monoisotopic (exact) mass is 144 g/mol. The topological polar surface area (TPSA) is 66.8 Å². The first-order chi connectivity index (χ1) is 4.67. The van der Waals surface area contributed by atoms with Crippen molar-refractivity contribution in [1.29, 1.82) is 0 Å². The van der Waals surface area contributed by atoms with E-state index in [0.717, 1.165) is 0 Å². The van der Waals surface area contributed by atoms with Gasteiger partial charge in [0.2, 0.25) is 5.79 Å². The van der Waals surface area contributed by atoms with Gasteiger partial charge < -0.3 is 14.9 Å². The summed E-state index contributed by atoms with van der Waals surface area (Å²) in [6, 6.07) is 0. The SMILES string of the molecule is O=COC1=CCCC1(O)O. The summed E-state index contributed by atoms with van der Waals surface area (Å²) in [5.41, 5.74) is 0. The van der Waals surface area contributed by atoms with E-state index in [0.29, 0.717) is 6.42 Å². The zero-order chi connectivity index (χ0) is 7.61. The van der Waals surface area contributed by atoms with Gasteiger partial charge in [-0.15, -0.1) is 0 Å². The smallest absolute Gasteiger partial charge is 0.298 e. The van der Waals surface area contributed by atoms with Crippen molar-refractivity contribution >= 4 is 6.47 Å². The van der Waals surface area contributed by atoms with Crippen molar-refractivity contribution < 1.29 is 19.7 Å². The molecular weight excluding hydrogens is 136 g/mol. The highest BCUT2D eigenvalue weighted by molar-refractivity contribution is 5.41. The van der Waals surface area contributed by atoms with Crippen molar-refractivity contribution in [2.45, 2.75) is 18.6 Å². The van der Waals surface area contributed by atoms with E-state index in [2.05, 4.69) is 4.74 Å². The molecule has 0 heterocycles. The molecule has 0 spiro atoms. The van der Waals surface area contributed by atoms with Gasteiger partial charge in [0.1, 0.15) is 0 Å². The zero-order valence-corrected chi connectivity index (χ0v) is 5.28. The molecule has 0 radical (unpaired) electrons. The molecule has 0 saturated heterocycles. The van der Waals surface area contributed by atoms with Crippen molar-refractivity contribution in [2.24, 2.45) is 0 Å². The molecule has 0 bridgehead atoms. The zero-order valence-electron chi connectivity index (χ0n) is 5.28. The van der Waals surface area contributed by atoms with Crippen LogP contribution in [0.3, 0.4) is 0 Å². The normalized spacial score (nSPS) is 22.0. The van der Waals surface area contributed by atoms with Crippen LogP contribution in [0.5, 0.6) is 0 Å². The summed E-state index contributed by atoms with van der Waals surface area (Å²) >= 11 is 0. The summed E-state index contributed by atoms with van der Waals surface area (Å²) in [6.45, 7) is 0.179. The molecule has 1 aliphatic rings. The lowest BCUT2D eigenvalue weighted by Gasteiger charge is -2.16. The Balaban J connectivity index is 2.65. The Hall–Kier alpha value is -0.870. The predicted molar refractivity (Wildman–Crippen MR) is 31.6 cm³/mol. The van der Waals surface area contributed by atoms with Gasteiger partial charge >= 0.3 is 0 Å². The van der Waals surface area contributed by atoms with Crippen LogP contribution in [0.4, 0.5) is 0 Å². The van der Waals surface area contributed by atoms with E-state index in [4.69, 9.17) is 10.2 Å². The van der Waals surface area contributed by atoms with Crippen molar-refractivity contribution in [3.63, 3.8) is 0 Å². The molecule has 10 heavy (non-hydrogen) atoms. The molecule has 0 amide bonds. The minimum absolute atomic E-state index is 0.0671. The molecule has 0 aromatic carbocycles. The maximum Gasteiger partial charge on any atom is 0.298 e. The third kappa shape index (κ3) is 1.17. The van der Waals surface area contributed by atoms with Crippen LogP contribution >= 0.6 is 0 Å². The predicted octanol–water partition coefficient (Wildman–Crippen LogP) is -0.482. The average Bonchev–Trinajstić information content (AvgIpc) is 2.13. The van der Waals surface area contributed by atoms with Crippen molar-refractivity contribution in [3.05, 3.63) is 11.8 Å². The van der Waals surface area contributed by atoms with Crippen LogP contribution in [-0.2, 0) is 9.53 Å². The third-order valence-corrected chi connectivity index (χ3v) is 1.39. The first-order valence-corrected chi connectivity index (χ1v) is 2.92. The molecule has 0 aliphatic heterocycles. The lowest BCUT2D eigenvalue weighted by molar-refractivity contribution is -0.162. The number of allylic oxidation sites excluding steroid dienone is 1. The lowest BCUT2D eigenvalue weighted by atomic mass is 10.2. The van der Waals surface area contributed by atoms with Crippen LogP contribution < -0.4 is 0 Å². The number of hydrogen-bond donors (Lipinski definition) is 2. The minimum atomic E-state index is -1.93. The van der Waals surface area contributed by atoms with Gasteiger partial charge in [-0.2, -0.15) is 0 Å². The van der Waals surface area contributed by atoms with E-state index in [1.807, 2.05) is 0 Å².